The molecule has 0 aromatic heterocycles. The van der Waals surface area contributed by atoms with Crippen molar-refractivity contribution in [3.63, 3.8) is 0 Å². The van der Waals surface area contributed by atoms with Crippen LogP contribution in [-0.2, 0) is 0 Å². The summed E-state index contributed by atoms with van der Waals surface area (Å²) in [4.78, 5) is 0. The van der Waals surface area contributed by atoms with Crippen LogP contribution in [0, 0.1) is 5.92 Å². The van der Waals surface area contributed by atoms with Gasteiger partial charge in [0, 0.05) is 0 Å². The highest BCUT2D eigenvalue weighted by atomic mass is 16.5. The second-order valence-electron chi connectivity index (χ2n) is 4.02. The van der Waals surface area contributed by atoms with Gasteiger partial charge in [-0.3, -0.25) is 0 Å². The van der Waals surface area contributed by atoms with E-state index in [2.05, 4.69) is 12.1 Å². The van der Waals surface area contributed by atoms with Gasteiger partial charge in [-0.2, -0.15) is 0 Å². The Bertz CT molecular complexity index is 320. The van der Waals surface area contributed by atoms with E-state index in [4.69, 9.17) is 4.74 Å². The summed E-state index contributed by atoms with van der Waals surface area (Å²) in [6.07, 6.45) is 0.913. The molecule has 1 saturated carbocycles. The minimum Gasteiger partial charge on any atom is -0.497 e. The molecule has 1 aliphatic carbocycles. The van der Waals surface area contributed by atoms with Crippen molar-refractivity contribution in [1.82, 2.24) is 0 Å². The number of aliphatic hydroxyl groups is 1. The van der Waals surface area contributed by atoms with Crippen LogP contribution in [-0.4, -0.2) is 18.3 Å². The van der Waals surface area contributed by atoms with Crippen LogP contribution < -0.4 is 4.74 Å². The molecule has 1 aromatic carbocycles. The standard InChI is InChI=1S/C12H16O2/c1-8(13)11-7-12(11)9-4-3-5-10(6-9)14-2/h3-6,8,11-13H,7H2,1-2H3/t8-,11-,12+/m1/s1. The molecule has 2 rings (SSSR count). The fourth-order valence-corrected chi connectivity index (χ4v) is 2.00. The summed E-state index contributed by atoms with van der Waals surface area (Å²) in [6, 6.07) is 8.12. The first-order valence-electron chi connectivity index (χ1n) is 5.04. The van der Waals surface area contributed by atoms with Crippen LogP contribution in [0.4, 0.5) is 0 Å². The zero-order valence-electron chi connectivity index (χ0n) is 8.60. The summed E-state index contributed by atoms with van der Waals surface area (Å²) in [7, 11) is 1.68. The highest BCUT2D eigenvalue weighted by Crippen LogP contribution is 2.49. The lowest BCUT2D eigenvalue weighted by atomic mass is 10.1. The molecule has 0 spiro atoms. The molecule has 1 aliphatic rings. The zero-order chi connectivity index (χ0) is 10.1. The number of benzene rings is 1. The quantitative estimate of drug-likeness (QED) is 0.795. The first-order valence-corrected chi connectivity index (χ1v) is 5.04. The number of methoxy groups -OCH3 is 1. The van der Waals surface area contributed by atoms with E-state index in [1.54, 1.807) is 7.11 Å². The van der Waals surface area contributed by atoms with Crippen molar-refractivity contribution in [2.24, 2.45) is 5.92 Å². The van der Waals surface area contributed by atoms with Crippen LogP contribution in [0.25, 0.3) is 0 Å². The molecule has 0 amide bonds. The van der Waals surface area contributed by atoms with E-state index in [0.717, 1.165) is 12.2 Å². The van der Waals surface area contributed by atoms with Gasteiger partial charge in [0.15, 0.2) is 0 Å². The van der Waals surface area contributed by atoms with Crippen molar-refractivity contribution in [2.45, 2.75) is 25.4 Å². The Balaban J connectivity index is 2.11. The molecule has 14 heavy (non-hydrogen) atoms. The topological polar surface area (TPSA) is 29.5 Å². The maximum atomic E-state index is 9.42. The monoisotopic (exact) mass is 192 g/mol. The molecule has 1 fully saturated rings. The summed E-state index contributed by atoms with van der Waals surface area (Å²) >= 11 is 0. The van der Waals surface area contributed by atoms with E-state index in [9.17, 15) is 5.11 Å². The highest BCUT2D eigenvalue weighted by molar-refractivity contribution is 5.34. The number of rotatable bonds is 3. The molecule has 2 heteroatoms. The van der Waals surface area contributed by atoms with E-state index in [-0.39, 0.29) is 6.10 Å². The number of hydrogen-bond donors (Lipinski definition) is 1. The molecule has 2 nitrogen and oxygen atoms in total. The Kier molecular flexibility index (Phi) is 2.46. The Morgan fingerprint density at radius 2 is 2.29 bits per heavy atom. The van der Waals surface area contributed by atoms with Crippen LogP contribution >= 0.6 is 0 Å². The number of hydrogen-bond acceptors (Lipinski definition) is 2. The highest BCUT2D eigenvalue weighted by Gasteiger charge is 2.41. The molecular weight excluding hydrogens is 176 g/mol. The van der Waals surface area contributed by atoms with Crippen molar-refractivity contribution in [1.29, 1.82) is 0 Å². The predicted octanol–water partition coefficient (Wildman–Crippen LogP) is 2.18. The lowest BCUT2D eigenvalue weighted by Gasteiger charge is -2.05. The number of ether oxygens (including phenoxy) is 1. The molecule has 1 N–H and O–H groups in total. The molecule has 0 heterocycles. The Hall–Kier alpha value is -1.02. The van der Waals surface area contributed by atoms with Crippen molar-refractivity contribution >= 4 is 0 Å². The fraction of sp³-hybridized carbons (Fsp3) is 0.500. The third-order valence-electron chi connectivity index (χ3n) is 2.98. The van der Waals surface area contributed by atoms with Gasteiger partial charge in [0.05, 0.1) is 13.2 Å². The minimum atomic E-state index is -0.189. The normalized spacial score (nSPS) is 27.1. The predicted molar refractivity (Wildman–Crippen MR) is 55.5 cm³/mol. The summed E-state index contributed by atoms with van der Waals surface area (Å²) < 4.78 is 5.17. The van der Waals surface area contributed by atoms with Crippen molar-refractivity contribution in [3.05, 3.63) is 29.8 Å². The van der Waals surface area contributed by atoms with Gasteiger partial charge in [-0.1, -0.05) is 12.1 Å². The van der Waals surface area contributed by atoms with Crippen LogP contribution in [0.3, 0.4) is 0 Å². The molecule has 3 atom stereocenters. The summed E-state index contributed by atoms with van der Waals surface area (Å²) in [5, 5.41) is 9.42. The summed E-state index contributed by atoms with van der Waals surface area (Å²) in [5.41, 5.74) is 1.29. The Morgan fingerprint density at radius 3 is 2.86 bits per heavy atom. The molecule has 0 saturated heterocycles. The van der Waals surface area contributed by atoms with E-state index in [0.29, 0.717) is 11.8 Å². The van der Waals surface area contributed by atoms with Gasteiger partial charge in [-0.05, 0) is 42.9 Å². The Labute approximate surface area is 84.5 Å². The maximum absolute atomic E-state index is 9.42. The third kappa shape index (κ3) is 1.75. The van der Waals surface area contributed by atoms with Crippen molar-refractivity contribution < 1.29 is 9.84 Å². The Morgan fingerprint density at radius 1 is 1.50 bits per heavy atom. The van der Waals surface area contributed by atoms with Crippen LogP contribution in [0.1, 0.15) is 24.8 Å². The van der Waals surface area contributed by atoms with E-state index >= 15 is 0 Å². The van der Waals surface area contributed by atoms with Crippen LogP contribution in [0.2, 0.25) is 0 Å². The van der Waals surface area contributed by atoms with Gasteiger partial charge in [-0.15, -0.1) is 0 Å². The minimum absolute atomic E-state index is 0.189. The van der Waals surface area contributed by atoms with Crippen LogP contribution in [0.5, 0.6) is 5.75 Å². The van der Waals surface area contributed by atoms with Gasteiger partial charge < -0.3 is 9.84 Å². The van der Waals surface area contributed by atoms with Gasteiger partial charge in [0.1, 0.15) is 5.75 Å². The van der Waals surface area contributed by atoms with E-state index in [1.165, 1.54) is 5.56 Å². The number of aliphatic hydroxyl groups excluding tert-OH is 1. The molecule has 0 unspecified atom stereocenters. The molecular formula is C12H16O2. The first kappa shape index (κ1) is 9.53. The third-order valence-corrected chi connectivity index (χ3v) is 2.98. The van der Waals surface area contributed by atoms with Gasteiger partial charge in [0.25, 0.3) is 0 Å². The van der Waals surface area contributed by atoms with Gasteiger partial charge in [-0.25, -0.2) is 0 Å². The van der Waals surface area contributed by atoms with Crippen molar-refractivity contribution in [2.75, 3.05) is 7.11 Å². The second-order valence-corrected chi connectivity index (χ2v) is 4.02. The smallest absolute Gasteiger partial charge is 0.119 e. The summed E-state index contributed by atoms with van der Waals surface area (Å²) in [6.45, 7) is 1.87. The zero-order valence-corrected chi connectivity index (χ0v) is 8.60. The SMILES string of the molecule is COc1cccc([C@@H]2C[C@@H]2[C@@H](C)O)c1. The average molecular weight is 192 g/mol. The second kappa shape index (κ2) is 3.62. The largest absolute Gasteiger partial charge is 0.497 e. The van der Waals surface area contributed by atoms with E-state index in [1.807, 2.05) is 19.1 Å². The molecule has 0 radical (unpaired) electrons. The van der Waals surface area contributed by atoms with Gasteiger partial charge >= 0.3 is 0 Å². The maximum Gasteiger partial charge on any atom is 0.119 e. The summed E-state index contributed by atoms with van der Waals surface area (Å²) in [5.74, 6) is 1.88. The fourth-order valence-electron chi connectivity index (χ4n) is 2.00. The lowest BCUT2D eigenvalue weighted by molar-refractivity contribution is 0.169. The van der Waals surface area contributed by atoms with Crippen molar-refractivity contribution in [3.8, 4) is 5.75 Å². The molecule has 76 valence electrons. The average Bonchev–Trinajstić information content (AvgIpc) is 2.97. The molecule has 0 aliphatic heterocycles. The molecule has 1 aromatic rings. The van der Waals surface area contributed by atoms with Crippen LogP contribution in [0.15, 0.2) is 24.3 Å². The van der Waals surface area contributed by atoms with E-state index < -0.39 is 0 Å². The van der Waals surface area contributed by atoms with Gasteiger partial charge in [0.2, 0.25) is 0 Å². The first-order chi connectivity index (χ1) is 6.72. The lowest BCUT2D eigenvalue weighted by Crippen LogP contribution is -2.03. The molecule has 0 bridgehead atoms.